The Labute approximate surface area is 176 Å². The monoisotopic (exact) mass is 415 g/mol. The Morgan fingerprint density at radius 2 is 1.83 bits per heavy atom. The van der Waals surface area contributed by atoms with Crippen molar-refractivity contribution < 1.29 is 14.0 Å². The number of aryl methyl sites for hydroxylation is 3. The molecule has 1 atom stereocenters. The van der Waals surface area contributed by atoms with Crippen LogP contribution in [-0.4, -0.2) is 45.8 Å². The third-order valence-corrected chi connectivity index (χ3v) is 5.13. The van der Waals surface area contributed by atoms with E-state index in [0.29, 0.717) is 18.8 Å². The van der Waals surface area contributed by atoms with Gasteiger partial charge in [-0.15, -0.1) is 0 Å². The lowest BCUT2D eigenvalue weighted by Crippen LogP contribution is -2.26. The summed E-state index contributed by atoms with van der Waals surface area (Å²) >= 11 is 0. The third-order valence-electron chi connectivity index (χ3n) is 5.13. The molecule has 0 bridgehead atoms. The number of carbonyl (C=O) groups excluding carboxylic acids is 2. The highest BCUT2D eigenvalue weighted by atomic mass is 19.1. The first kappa shape index (κ1) is 23.1. The molecule has 30 heavy (non-hydrogen) atoms. The minimum Gasteiger partial charge on any atom is -0.383 e. The highest BCUT2D eigenvalue weighted by Crippen LogP contribution is 2.19. The molecule has 4 N–H and O–H groups in total. The molecule has 4 rings (SSSR count). The van der Waals surface area contributed by atoms with Crippen LogP contribution in [0, 0.1) is 0 Å². The largest absolute Gasteiger partial charge is 0.383 e. The van der Waals surface area contributed by atoms with Crippen LogP contribution in [-0.2, 0) is 24.7 Å². The number of nitrogens with two attached hydrogens (primary N) is 2. The van der Waals surface area contributed by atoms with Gasteiger partial charge in [0, 0.05) is 13.6 Å². The van der Waals surface area contributed by atoms with Crippen LogP contribution in [0.1, 0.15) is 40.7 Å². The number of hydrogen-bond donors (Lipinski definition) is 2. The summed E-state index contributed by atoms with van der Waals surface area (Å²) in [5.41, 5.74) is 13.8. The van der Waals surface area contributed by atoms with Crippen molar-refractivity contribution in [3.63, 3.8) is 0 Å². The highest BCUT2D eigenvalue weighted by Gasteiger charge is 2.23. The summed E-state index contributed by atoms with van der Waals surface area (Å²) in [6, 6.07) is 8.80. The van der Waals surface area contributed by atoms with Gasteiger partial charge in [-0.2, -0.15) is 5.10 Å². The number of aromatic nitrogens is 2. The van der Waals surface area contributed by atoms with Crippen LogP contribution in [0.4, 0.5) is 10.2 Å². The fraction of sp³-hybridized carbons (Fsp3) is 0.409. The number of halogens is 1. The molecule has 1 aliphatic carbocycles. The Morgan fingerprint density at radius 1 is 1.23 bits per heavy atom. The Balaban J connectivity index is 0.000000160. The molecule has 8 heteroatoms. The molecule has 162 valence electrons. The molecule has 7 nitrogen and oxygen atoms in total. The zero-order valence-electron chi connectivity index (χ0n) is 17.4. The fourth-order valence-corrected chi connectivity index (χ4v) is 3.36. The second kappa shape index (κ2) is 11.1. The molecule has 0 radical (unpaired) electrons. The zero-order valence-corrected chi connectivity index (χ0v) is 17.4. The van der Waals surface area contributed by atoms with Gasteiger partial charge < -0.3 is 16.4 Å². The van der Waals surface area contributed by atoms with Crippen molar-refractivity contribution in [2.24, 2.45) is 12.8 Å². The molecule has 1 saturated heterocycles. The van der Waals surface area contributed by atoms with E-state index in [9.17, 15) is 14.0 Å². The van der Waals surface area contributed by atoms with Crippen LogP contribution in [0.25, 0.3) is 0 Å². The van der Waals surface area contributed by atoms with Gasteiger partial charge in [0.05, 0.1) is 12.7 Å². The minimum atomic E-state index is -0.830. The molecule has 2 aromatic rings. The number of benzene rings is 1. The molecular weight excluding hydrogens is 385 g/mol. The average molecular weight is 416 g/mol. The molecule has 2 amide bonds. The van der Waals surface area contributed by atoms with E-state index in [1.54, 1.807) is 18.2 Å². The van der Waals surface area contributed by atoms with Gasteiger partial charge in [-0.05, 0) is 49.3 Å². The zero-order chi connectivity index (χ0) is 22.1. The molecule has 2 aliphatic rings. The van der Waals surface area contributed by atoms with Crippen LogP contribution < -0.4 is 11.5 Å². The average Bonchev–Trinajstić information content (AvgIpc) is 3.34. The molecule has 1 fully saturated rings. The molecule has 1 aromatic carbocycles. The van der Waals surface area contributed by atoms with E-state index >= 15 is 0 Å². The summed E-state index contributed by atoms with van der Waals surface area (Å²) in [5, 5.41) is 3.73. The van der Waals surface area contributed by atoms with Crippen LogP contribution in [0.3, 0.4) is 0 Å². The first-order chi connectivity index (χ1) is 14.3. The normalized spacial score (nSPS) is 17.0. The van der Waals surface area contributed by atoms with Gasteiger partial charge in [0.1, 0.15) is 17.6 Å². The lowest BCUT2D eigenvalue weighted by atomic mass is 9.92. The van der Waals surface area contributed by atoms with E-state index in [1.807, 2.05) is 0 Å². The number of carbonyl (C=O) groups is 2. The summed E-state index contributed by atoms with van der Waals surface area (Å²) in [7, 11) is 1.64. The van der Waals surface area contributed by atoms with Crippen molar-refractivity contribution in [3.05, 3.63) is 59.8 Å². The quantitative estimate of drug-likeness (QED) is 0.735. The lowest BCUT2D eigenvalue weighted by Gasteiger charge is -2.13. The summed E-state index contributed by atoms with van der Waals surface area (Å²) in [6.07, 6.45) is 7.58. The number of fused-ring (bicyclic) bond motifs is 1. The van der Waals surface area contributed by atoms with Gasteiger partial charge >= 0.3 is 0 Å². The number of rotatable bonds is 2. The molecular formula is C22H30FN5O2. The summed E-state index contributed by atoms with van der Waals surface area (Å²) in [6.45, 7) is 4.09. The van der Waals surface area contributed by atoms with Crippen molar-refractivity contribution in [1.29, 1.82) is 0 Å². The molecule has 2 heterocycles. The third kappa shape index (κ3) is 6.43. The Hall–Kier alpha value is -3.16. The lowest BCUT2D eigenvalue weighted by molar-refractivity contribution is -0.125. The number of nitrogens with zero attached hydrogens (tertiary/aromatic N) is 3. The topological polar surface area (TPSA) is 107 Å². The number of likely N-dealkylation sites (tertiary alicyclic amines) is 1. The molecule has 0 spiro atoms. The van der Waals surface area contributed by atoms with Crippen molar-refractivity contribution >= 4 is 17.6 Å². The van der Waals surface area contributed by atoms with E-state index in [2.05, 4.69) is 35.9 Å². The van der Waals surface area contributed by atoms with Gasteiger partial charge in [-0.3, -0.25) is 14.3 Å². The van der Waals surface area contributed by atoms with Crippen LogP contribution >= 0.6 is 0 Å². The number of primary amides is 1. The Bertz CT molecular complexity index is 855. The van der Waals surface area contributed by atoms with E-state index in [0.717, 1.165) is 0 Å². The van der Waals surface area contributed by atoms with Gasteiger partial charge in [-0.1, -0.05) is 30.8 Å². The Kier molecular flexibility index (Phi) is 8.58. The van der Waals surface area contributed by atoms with Crippen LogP contribution in [0.2, 0.25) is 0 Å². The highest BCUT2D eigenvalue weighted by molar-refractivity contribution is 5.96. The maximum absolute atomic E-state index is 12.4. The standard InChI is InChI=1S/C10H12.C7H10FNO.C5H8N4O/c1-2-6-10-8-4-3-7-9(10)5-1;1-2-7(10)9-4-3-6(8)5-9;1-9-4(6)3(2-8-9)5(7)10/h1-2,5-6H,3-4,7-8H2;2,6H,1,3-5H2;2H,6H2,1H3,(H2,7,10). The SMILES string of the molecule is C=CC(=O)N1CCC(F)C1.Cn1ncc(C(N)=O)c1N.c1ccc2c(c1)CCCC2. The molecule has 0 saturated carbocycles. The minimum absolute atomic E-state index is 0.167. The van der Waals surface area contributed by atoms with Crippen LogP contribution in [0.15, 0.2) is 43.1 Å². The van der Waals surface area contributed by atoms with E-state index < -0.39 is 12.1 Å². The van der Waals surface area contributed by atoms with Gasteiger partial charge in [0.2, 0.25) is 5.91 Å². The van der Waals surface area contributed by atoms with Gasteiger partial charge in [-0.25, -0.2) is 4.39 Å². The summed E-state index contributed by atoms with van der Waals surface area (Å²) < 4.78 is 13.8. The van der Waals surface area contributed by atoms with E-state index in [-0.39, 0.29) is 18.0 Å². The summed E-state index contributed by atoms with van der Waals surface area (Å²) in [5.74, 6) is -0.418. The van der Waals surface area contributed by atoms with E-state index in [1.165, 1.54) is 47.5 Å². The number of hydrogen-bond acceptors (Lipinski definition) is 4. The number of anilines is 1. The van der Waals surface area contributed by atoms with Crippen molar-refractivity contribution in [2.45, 2.75) is 38.3 Å². The second-order valence-corrected chi connectivity index (χ2v) is 7.28. The maximum Gasteiger partial charge on any atom is 0.254 e. The maximum atomic E-state index is 12.4. The van der Waals surface area contributed by atoms with Crippen LogP contribution in [0.5, 0.6) is 0 Å². The number of amides is 2. The van der Waals surface area contributed by atoms with E-state index in [4.69, 9.17) is 11.5 Å². The predicted octanol–water partition coefficient (Wildman–Crippen LogP) is 2.41. The van der Waals surface area contributed by atoms with Crippen molar-refractivity contribution in [2.75, 3.05) is 18.8 Å². The second-order valence-electron chi connectivity index (χ2n) is 7.28. The number of alkyl halides is 1. The smallest absolute Gasteiger partial charge is 0.254 e. The Morgan fingerprint density at radius 3 is 2.20 bits per heavy atom. The first-order valence-electron chi connectivity index (χ1n) is 10.0. The predicted molar refractivity (Wildman–Crippen MR) is 116 cm³/mol. The first-order valence-corrected chi connectivity index (χ1v) is 10.0. The van der Waals surface area contributed by atoms with Gasteiger partial charge in [0.25, 0.3) is 5.91 Å². The van der Waals surface area contributed by atoms with Crippen molar-refractivity contribution in [3.8, 4) is 0 Å². The van der Waals surface area contributed by atoms with Gasteiger partial charge in [0.15, 0.2) is 0 Å². The molecule has 1 unspecified atom stereocenters. The molecule has 1 aliphatic heterocycles. The van der Waals surface area contributed by atoms with Crippen molar-refractivity contribution in [1.82, 2.24) is 14.7 Å². The fourth-order valence-electron chi connectivity index (χ4n) is 3.36. The molecule has 1 aromatic heterocycles. The summed E-state index contributed by atoms with van der Waals surface area (Å²) in [4.78, 5) is 22.8. The number of nitrogen functional groups attached to an aromatic ring is 1.